The molecular formula is C20H29BrF2N4O2. The summed E-state index contributed by atoms with van der Waals surface area (Å²) in [4.78, 5) is 30.5. The minimum atomic E-state index is -0.478. The first-order chi connectivity index (χ1) is 13.2. The SMILES string of the molecule is CC(C)(C)NC(=O)c1ccc(F)cn1.CC(C)(C)NC(=O)c1ncc(F)cc1Br.[HH].[HH]. The molecule has 0 fully saturated rings. The van der Waals surface area contributed by atoms with E-state index in [9.17, 15) is 18.4 Å². The smallest absolute Gasteiger partial charge is 0.271 e. The van der Waals surface area contributed by atoms with Gasteiger partial charge in [0.05, 0.1) is 16.9 Å². The van der Waals surface area contributed by atoms with Crippen molar-refractivity contribution in [3.63, 3.8) is 0 Å². The fourth-order valence-electron chi connectivity index (χ4n) is 1.90. The lowest BCUT2D eigenvalue weighted by Crippen LogP contribution is -2.41. The molecule has 2 aromatic rings. The minimum absolute atomic E-state index is 0. The van der Waals surface area contributed by atoms with Crippen LogP contribution < -0.4 is 10.6 Å². The highest BCUT2D eigenvalue weighted by atomic mass is 79.9. The molecular weight excluding hydrogens is 446 g/mol. The van der Waals surface area contributed by atoms with Gasteiger partial charge in [0, 0.05) is 13.9 Å². The zero-order chi connectivity index (χ0) is 22.4. The molecule has 0 unspecified atom stereocenters. The zero-order valence-electron chi connectivity index (χ0n) is 17.2. The molecule has 162 valence electrons. The van der Waals surface area contributed by atoms with Crippen LogP contribution in [-0.2, 0) is 0 Å². The van der Waals surface area contributed by atoms with Gasteiger partial charge in [-0.1, -0.05) is 0 Å². The van der Waals surface area contributed by atoms with Crippen LogP contribution in [0.4, 0.5) is 8.78 Å². The number of hydrogen-bond donors (Lipinski definition) is 2. The third-order valence-corrected chi connectivity index (χ3v) is 3.56. The van der Waals surface area contributed by atoms with E-state index < -0.39 is 11.6 Å². The van der Waals surface area contributed by atoms with Crippen LogP contribution in [0.1, 0.15) is 65.4 Å². The Balaban J connectivity index is 0. The Hall–Kier alpha value is -2.42. The number of halogens is 3. The van der Waals surface area contributed by atoms with Gasteiger partial charge >= 0.3 is 0 Å². The molecule has 2 heterocycles. The van der Waals surface area contributed by atoms with Crippen LogP contribution in [0.25, 0.3) is 0 Å². The monoisotopic (exact) mass is 474 g/mol. The average molecular weight is 475 g/mol. The van der Waals surface area contributed by atoms with Crippen LogP contribution in [0.5, 0.6) is 0 Å². The highest BCUT2D eigenvalue weighted by molar-refractivity contribution is 9.10. The van der Waals surface area contributed by atoms with Gasteiger partial charge in [0.25, 0.3) is 11.8 Å². The molecule has 9 heteroatoms. The second-order valence-electron chi connectivity index (χ2n) is 8.25. The Morgan fingerprint density at radius 1 is 0.897 bits per heavy atom. The molecule has 2 amide bonds. The van der Waals surface area contributed by atoms with Crippen molar-refractivity contribution in [3.8, 4) is 0 Å². The highest BCUT2D eigenvalue weighted by Crippen LogP contribution is 2.16. The second kappa shape index (κ2) is 9.87. The Labute approximate surface area is 180 Å². The van der Waals surface area contributed by atoms with Crippen molar-refractivity contribution in [3.05, 3.63) is 58.1 Å². The van der Waals surface area contributed by atoms with E-state index in [1.165, 1.54) is 18.2 Å². The van der Waals surface area contributed by atoms with Crippen molar-refractivity contribution in [1.82, 2.24) is 20.6 Å². The molecule has 0 atom stereocenters. The fourth-order valence-corrected chi connectivity index (χ4v) is 2.40. The third kappa shape index (κ3) is 9.56. The number of nitrogens with zero attached hydrogens (tertiary/aromatic N) is 2. The summed E-state index contributed by atoms with van der Waals surface area (Å²) in [5.74, 6) is -1.54. The van der Waals surface area contributed by atoms with E-state index in [0.29, 0.717) is 4.47 Å². The average Bonchev–Trinajstić information content (AvgIpc) is 2.52. The summed E-state index contributed by atoms with van der Waals surface area (Å²) in [5.41, 5.74) is -0.243. The lowest BCUT2D eigenvalue weighted by atomic mass is 10.1. The predicted octanol–water partition coefficient (Wildman–Crippen LogP) is 4.75. The summed E-state index contributed by atoms with van der Waals surface area (Å²) in [7, 11) is 0. The summed E-state index contributed by atoms with van der Waals surface area (Å²) < 4.78 is 25.6. The molecule has 0 spiro atoms. The fraction of sp³-hybridized carbons (Fsp3) is 0.400. The number of pyridine rings is 2. The van der Waals surface area contributed by atoms with Gasteiger partial charge in [-0.25, -0.2) is 18.7 Å². The van der Waals surface area contributed by atoms with E-state index in [1.807, 2.05) is 41.5 Å². The van der Waals surface area contributed by atoms with Gasteiger partial charge in [-0.3, -0.25) is 9.59 Å². The number of rotatable bonds is 2. The van der Waals surface area contributed by atoms with E-state index in [1.54, 1.807) is 0 Å². The first kappa shape index (κ1) is 24.6. The number of nitrogens with one attached hydrogen (secondary N) is 2. The standard InChI is InChI=1S/C10H12BrFN2O.C10H13FN2O.2H2/c1-10(2,3)14-9(15)8-7(11)4-6(12)5-13-8;1-10(2,3)13-9(14)8-5-4-7(11)6-12-8;;/h4-5H,1-3H3,(H,14,15);4-6H,1-3H3,(H,13,14);2*1H. The largest absolute Gasteiger partial charge is 0.346 e. The number of carbonyl (C=O) groups excluding carboxylic acids is 2. The third-order valence-electron chi connectivity index (χ3n) is 2.96. The molecule has 0 radical (unpaired) electrons. The maximum Gasteiger partial charge on any atom is 0.271 e. The van der Waals surface area contributed by atoms with Gasteiger partial charge in [-0.05, 0) is 75.7 Å². The molecule has 0 aliphatic rings. The molecule has 29 heavy (non-hydrogen) atoms. The maximum atomic E-state index is 12.7. The predicted molar refractivity (Wildman–Crippen MR) is 115 cm³/mol. The molecule has 2 aromatic heterocycles. The van der Waals surface area contributed by atoms with Crippen LogP contribution in [0.2, 0.25) is 0 Å². The summed E-state index contributed by atoms with van der Waals surface area (Å²) in [6, 6.07) is 3.78. The zero-order valence-corrected chi connectivity index (χ0v) is 18.8. The molecule has 6 nitrogen and oxygen atoms in total. The number of aromatic nitrogens is 2. The lowest BCUT2D eigenvalue weighted by Gasteiger charge is -2.20. The number of hydrogen-bond acceptors (Lipinski definition) is 4. The quantitative estimate of drug-likeness (QED) is 0.657. The molecule has 0 saturated carbocycles. The van der Waals surface area contributed by atoms with Crippen LogP contribution in [-0.4, -0.2) is 32.9 Å². The van der Waals surface area contributed by atoms with E-state index >= 15 is 0 Å². The van der Waals surface area contributed by atoms with Crippen molar-refractivity contribution in [1.29, 1.82) is 0 Å². The first-order valence-electron chi connectivity index (χ1n) is 8.75. The topological polar surface area (TPSA) is 84.0 Å². The van der Waals surface area contributed by atoms with Crippen LogP contribution >= 0.6 is 15.9 Å². The second-order valence-corrected chi connectivity index (χ2v) is 9.11. The number of carbonyl (C=O) groups is 2. The summed E-state index contributed by atoms with van der Waals surface area (Å²) in [6.45, 7) is 11.2. The minimum Gasteiger partial charge on any atom is -0.346 e. The molecule has 0 saturated heterocycles. The van der Waals surface area contributed by atoms with Gasteiger partial charge < -0.3 is 10.6 Å². The van der Waals surface area contributed by atoms with Crippen molar-refractivity contribution in [2.24, 2.45) is 0 Å². The summed E-state index contributed by atoms with van der Waals surface area (Å²) in [6.07, 6.45) is 2.04. The van der Waals surface area contributed by atoms with Crippen LogP contribution in [0, 0.1) is 11.6 Å². The Bertz CT molecular complexity index is 871. The van der Waals surface area contributed by atoms with Gasteiger partial charge in [0.1, 0.15) is 23.0 Å². The molecule has 0 bridgehead atoms. The van der Waals surface area contributed by atoms with Crippen molar-refractivity contribution in [2.75, 3.05) is 0 Å². The van der Waals surface area contributed by atoms with E-state index in [-0.39, 0.29) is 37.1 Å². The van der Waals surface area contributed by atoms with Crippen LogP contribution in [0.15, 0.2) is 35.1 Å². The Morgan fingerprint density at radius 3 is 1.86 bits per heavy atom. The highest BCUT2D eigenvalue weighted by Gasteiger charge is 2.18. The number of amides is 2. The molecule has 0 aliphatic heterocycles. The maximum absolute atomic E-state index is 12.7. The molecule has 0 aromatic carbocycles. The van der Waals surface area contributed by atoms with Crippen LogP contribution in [0.3, 0.4) is 0 Å². The Morgan fingerprint density at radius 2 is 1.41 bits per heavy atom. The van der Waals surface area contributed by atoms with Gasteiger partial charge in [-0.15, -0.1) is 0 Å². The lowest BCUT2D eigenvalue weighted by molar-refractivity contribution is 0.0904. The Kier molecular flexibility index (Phi) is 8.37. The van der Waals surface area contributed by atoms with E-state index in [4.69, 9.17) is 0 Å². The normalized spacial score (nSPS) is 11.2. The van der Waals surface area contributed by atoms with Gasteiger partial charge in [0.15, 0.2) is 0 Å². The van der Waals surface area contributed by atoms with Gasteiger partial charge in [-0.2, -0.15) is 0 Å². The molecule has 2 N–H and O–H groups in total. The van der Waals surface area contributed by atoms with Crippen molar-refractivity contribution < 1.29 is 21.2 Å². The molecule has 0 aliphatic carbocycles. The van der Waals surface area contributed by atoms with E-state index in [2.05, 4.69) is 36.5 Å². The van der Waals surface area contributed by atoms with E-state index in [0.717, 1.165) is 12.4 Å². The van der Waals surface area contributed by atoms with Crippen molar-refractivity contribution >= 4 is 27.7 Å². The van der Waals surface area contributed by atoms with Gasteiger partial charge in [0.2, 0.25) is 0 Å². The molecule has 2 rings (SSSR count). The summed E-state index contributed by atoms with van der Waals surface area (Å²) in [5, 5.41) is 5.47. The summed E-state index contributed by atoms with van der Waals surface area (Å²) >= 11 is 3.09. The first-order valence-corrected chi connectivity index (χ1v) is 9.55. The van der Waals surface area contributed by atoms with Crippen molar-refractivity contribution in [2.45, 2.75) is 52.6 Å².